The van der Waals surface area contributed by atoms with Gasteiger partial charge in [-0.2, -0.15) is 0 Å². The first-order chi connectivity index (χ1) is 17.0. The third-order valence-electron chi connectivity index (χ3n) is 6.34. The summed E-state index contributed by atoms with van der Waals surface area (Å²) in [6, 6.07) is 15.5. The molecule has 1 aliphatic rings. The summed E-state index contributed by atoms with van der Waals surface area (Å²) in [4.78, 5) is 34.2. The van der Waals surface area contributed by atoms with Gasteiger partial charge in [0.05, 0.1) is 24.1 Å². The van der Waals surface area contributed by atoms with Crippen molar-refractivity contribution in [3.05, 3.63) is 76.2 Å². The third kappa shape index (κ3) is 4.36. The number of carbonyl (C=O) groups is 1. The number of hydrogen-bond acceptors (Lipinski definition) is 6. The first-order valence-electron chi connectivity index (χ1n) is 11.7. The molecule has 4 N–H and O–H groups in total. The molecule has 0 bridgehead atoms. The molecule has 0 aliphatic carbocycles. The fourth-order valence-electron chi connectivity index (χ4n) is 4.62. The van der Waals surface area contributed by atoms with Crippen LogP contribution >= 0.6 is 0 Å². The van der Waals surface area contributed by atoms with Gasteiger partial charge < -0.3 is 25.6 Å². The number of fused-ring (bicyclic) bond motifs is 2. The van der Waals surface area contributed by atoms with E-state index in [0.717, 1.165) is 45.7 Å². The fourth-order valence-corrected chi connectivity index (χ4v) is 4.62. The van der Waals surface area contributed by atoms with Crippen LogP contribution in [-0.4, -0.2) is 40.7 Å². The van der Waals surface area contributed by atoms with Crippen LogP contribution in [0.25, 0.3) is 22.0 Å². The van der Waals surface area contributed by atoms with Gasteiger partial charge in [0.15, 0.2) is 0 Å². The summed E-state index contributed by atoms with van der Waals surface area (Å²) in [5.41, 5.74) is 6.00. The minimum absolute atomic E-state index is 0.0167. The number of H-pyrrole nitrogens is 1. The molecule has 0 fully saturated rings. The van der Waals surface area contributed by atoms with E-state index in [4.69, 9.17) is 4.98 Å². The monoisotopic (exact) mass is 469 g/mol. The van der Waals surface area contributed by atoms with Crippen molar-refractivity contribution < 1.29 is 9.90 Å². The van der Waals surface area contributed by atoms with Crippen LogP contribution in [0.5, 0.6) is 0 Å². The second-order valence-corrected chi connectivity index (χ2v) is 8.65. The zero-order valence-electron chi connectivity index (χ0n) is 19.7. The summed E-state index contributed by atoms with van der Waals surface area (Å²) in [5.74, 6) is 0.440. The molecule has 4 aromatic rings. The van der Waals surface area contributed by atoms with E-state index in [-0.39, 0.29) is 18.1 Å². The Bertz CT molecular complexity index is 1490. The van der Waals surface area contributed by atoms with Crippen molar-refractivity contribution in [1.29, 1.82) is 0 Å². The Balaban J connectivity index is 1.56. The number of hydrogen-bond donors (Lipinski definition) is 4. The Morgan fingerprint density at radius 1 is 1.11 bits per heavy atom. The fraction of sp³-hybridized carbons (Fsp3) is 0.222. The van der Waals surface area contributed by atoms with E-state index >= 15 is 0 Å². The van der Waals surface area contributed by atoms with Crippen molar-refractivity contribution in [1.82, 2.24) is 9.97 Å². The second kappa shape index (κ2) is 9.23. The van der Waals surface area contributed by atoms with Crippen molar-refractivity contribution >= 4 is 39.6 Å². The number of nitrogens with one attached hydrogen (secondary N) is 3. The number of nitrogens with zero attached hydrogens (tertiary/aromatic N) is 2. The number of pyridine rings is 2. The van der Waals surface area contributed by atoms with Crippen molar-refractivity contribution in [2.75, 3.05) is 35.2 Å². The minimum Gasteiger partial charge on any atom is -0.395 e. The number of aliphatic hydroxyl groups is 1. The molecular formula is C27H27N5O3. The Labute approximate surface area is 202 Å². The normalized spacial score (nSPS) is 12.5. The van der Waals surface area contributed by atoms with Gasteiger partial charge in [-0.1, -0.05) is 12.1 Å². The first kappa shape index (κ1) is 22.6. The van der Waals surface area contributed by atoms with Crippen molar-refractivity contribution in [2.45, 2.75) is 20.3 Å². The van der Waals surface area contributed by atoms with Gasteiger partial charge in [-0.15, -0.1) is 0 Å². The highest BCUT2D eigenvalue weighted by Crippen LogP contribution is 2.33. The van der Waals surface area contributed by atoms with E-state index in [0.29, 0.717) is 29.9 Å². The van der Waals surface area contributed by atoms with Crippen LogP contribution < -0.4 is 21.1 Å². The lowest BCUT2D eigenvalue weighted by atomic mass is 10.0. The number of carbonyl (C=O) groups excluding carboxylic acids is 1. The summed E-state index contributed by atoms with van der Waals surface area (Å²) < 4.78 is 0. The summed E-state index contributed by atoms with van der Waals surface area (Å²) in [6.45, 7) is 5.52. The summed E-state index contributed by atoms with van der Waals surface area (Å²) in [6.07, 6.45) is 2.01. The summed E-state index contributed by atoms with van der Waals surface area (Å²) in [5, 5.41) is 16.8. The number of rotatable bonds is 7. The lowest BCUT2D eigenvalue weighted by Crippen LogP contribution is -2.26. The summed E-state index contributed by atoms with van der Waals surface area (Å²) >= 11 is 0. The number of likely N-dealkylation sites (N-methyl/N-ethyl adjacent to an activating group) is 1. The quantitative estimate of drug-likeness (QED) is 0.326. The first-order valence-corrected chi connectivity index (χ1v) is 11.7. The number of amides is 1. The average molecular weight is 470 g/mol. The van der Waals surface area contributed by atoms with Crippen LogP contribution in [0, 0.1) is 6.92 Å². The molecule has 2 aromatic heterocycles. The molecule has 0 saturated carbocycles. The van der Waals surface area contributed by atoms with Crippen molar-refractivity contribution in [3.63, 3.8) is 0 Å². The molecule has 0 atom stereocenters. The Morgan fingerprint density at radius 2 is 1.97 bits per heavy atom. The maximum absolute atomic E-state index is 12.7. The zero-order chi connectivity index (χ0) is 24.5. The third-order valence-corrected chi connectivity index (χ3v) is 6.34. The predicted octanol–water partition coefficient (Wildman–Crippen LogP) is 3.96. The highest BCUT2D eigenvalue weighted by Gasteiger charge is 2.19. The molecule has 0 radical (unpaired) electrons. The molecule has 2 aromatic carbocycles. The van der Waals surface area contributed by atoms with E-state index in [1.165, 1.54) is 0 Å². The van der Waals surface area contributed by atoms with Gasteiger partial charge >= 0.3 is 0 Å². The van der Waals surface area contributed by atoms with Crippen LogP contribution in [0.3, 0.4) is 0 Å². The van der Waals surface area contributed by atoms with Gasteiger partial charge in [0.1, 0.15) is 5.82 Å². The van der Waals surface area contributed by atoms with Gasteiger partial charge in [0, 0.05) is 41.9 Å². The number of aromatic amines is 1. The van der Waals surface area contributed by atoms with Gasteiger partial charge in [-0.05, 0) is 66.8 Å². The lowest BCUT2D eigenvalue weighted by molar-refractivity contribution is -0.115. The number of anilines is 4. The molecule has 0 unspecified atom stereocenters. The number of aryl methyl sites for hydroxylation is 1. The van der Waals surface area contributed by atoms with Gasteiger partial charge in [0.25, 0.3) is 5.56 Å². The van der Waals surface area contributed by atoms with E-state index in [2.05, 4.69) is 27.4 Å². The Kier molecular flexibility index (Phi) is 5.96. The molecule has 178 valence electrons. The van der Waals surface area contributed by atoms with Crippen LogP contribution in [-0.2, 0) is 11.2 Å². The average Bonchev–Trinajstić information content (AvgIpc) is 3.22. The maximum atomic E-state index is 12.7. The predicted molar refractivity (Wildman–Crippen MR) is 140 cm³/mol. The van der Waals surface area contributed by atoms with Crippen LogP contribution in [0.1, 0.15) is 18.1 Å². The zero-order valence-corrected chi connectivity index (χ0v) is 19.7. The molecule has 5 rings (SSSR count). The molecule has 1 aliphatic heterocycles. The van der Waals surface area contributed by atoms with Crippen molar-refractivity contribution in [3.8, 4) is 11.3 Å². The topological polar surface area (TPSA) is 110 Å². The van der Waals surface area contributed by atoms with Crippen LogP contribution in [0.2, 0.25) is 0 Å². The number of aromatic nitrogens is 2. The standard InChI is InChI=1S/C27H27N5O3/c1-3-32(10-11-33)23-7-6-20(12-16(23)2)29-26-25-19(8-9-28-27(25)35)14-22(31-26)17-4-5-18-15-24(34)30-21(18)13-17/h4-9,12-14,33H,3,10-11,15H2,1-2H3,(H,28,35)(H,29,31)(H,30,34). The number of aliphatic hydroxyl groups excluding tert-OH is 1. The highest BCUT2D eigenvalue weighted by atomic mass is 16.3. The SMILES string of the molecule is CCN(CCO)c1ccc(Nc2nc(-c3ccc4c(c3)NC(=O)C4)cc3cc[nH]c(=O)c23)cc1C. The second-order valence-electron chi connectivity index (χ2n) is 8.65. The van der Waals surface area contributed by atoms with E-state index in [1.807, 2.05) is 55.5 Å². The van der Waals surface area contributed by atoms with E-state index in [1.54, 1.807) is 6.20 Å². The molecule has 1 amide bonds. The Morgan fingerprint density at radius 3 is 2.74 bits per heavy atom. The van der Waals surface area contributed by atoms with Crippen molar-refractivity contribution in [2.24, 2.45) is 0 Å². The van der Waals surface area contributed by atoms with Crippen LogP contribution in [0.15, 0.2) is 59.5 Å². The minimum atomic E-state index is -0.223. The molecule has 0 spiro atoms. The van der Waals surface area contributed by atoms with E-state index < -0.39 is 0 Å². The van der Waals surface area contributed by atoms with Gasteiger partial charge in [-0.25, -0.2) is 4.98 Å². The molecular weight excluding hydrogens is 442 g/mol. The molecule has 35 heavy (non-hydrogen) atoms. The maximum Gasteiger partial charge on any atom is 0.259 e. The molecule has 8 nitrogen and oxygen atoms in total. The van der Waals surface area contributed by atoms with Gasteiger partial charge in [0.2, 0.25) is 5.91 Å². The van der Waals surface area contributed by atoms with Gasteiger partial charge in [-0.3, -0.25) is 9.59 Å². The van der Waals surface area contributed by atoms with Crippen LogP contribution in [0.4, 0.5) is 22.9 Å². The lowest BCUT2D eigenvalue weighted by Gasteiger charge is -2.24. The largest absolute Gasteiger partial charge is 0.395 e. The smallest absolute Gasteiger partial charge is 0.259 e. The highest BCUT2D eigenvalue weighted by molar-refractivity contribution is 6.00. The Hall–Kier alpha value is -4.17. The molecule has 8 heteroatoms. The van der Waals surface area contributed by atoms with E-state index in [9.17, 15) is 14.7 Å². The summed E-state index contributed by atoms with van der Waals surface area (Å²) in [7, 11) is 0. The molecule has 3 heterocycles. The molecule has 0 saturated heterocycles. The number of benzene rings is 2.